The lowest BCUT2D eigenvalue weighted by atomic mass is 9.45. The number of alkyl halides is 3. The summed E-state index contributed by atoms with van der Waals surface area (Å²) in [5, 5.41) is 0. The molecule has 0 aromatic heterocycles. The van der Waals surface area contributed by atoms with Crippen molar-refractivity contribution in [2.24, 2.45) is 46.3 Å². The molecule has 4 aliphatic rings. The van der Waals surface area contributed by atoms with Crippen LogP contribution in [0.2, 0.25) is 0 Å². The third-order valence-electron chi connectivity index (χ3n) is 9.99. The first-order chi connectivity index (χ1) is 13.1. The largest absolute Gasteiger partial charge is 0.389 e. The Kier molecular flexibility index (Phi) is 5.37. The van der Waals surface area contributed by atoms with E-state index < -0.39 is 12.6 Å². The third kappa shape index (κ3) is 3.44. The van der Waals surface area contributed by atoms with Gasteiger partial charge in [-0.1, -0.05) is 34.1 Å². The Balaban J connectivity index is 1.57. The van der Waals surface area contributed by atoms with E-state index in [2.05, 4.69) is 27.7 Å². The Morgan fingerprint density at radius 2 is 1.75 bits per heavy atom. The molecule has 0 bridgehead atoms. The topological polar surface area (TPSA) is 12.5 Å². The molecule has 0 amide bonds. The van der Waals surface area contributed by atoms with Crippen molar-refractivity contribution >= 4 is 0 Å². The van der Waals surface area contributed by atoms with Crippen LogP contribution in [0.25, 0.3) is 0 Å². The van der Waals surface area contributed by atoms with E-state index in [9.17, 15) is 13.2 Å². The minimum atomic E-state index is -4.03. The summed E-state index contributed by atoms with van der Waals surface area (Å²) in [5.74, 6) is 3.01. The summed E-state index contributed by atoms with van der Waals surface area (Å²) in [5.41, 5.74) is 0.231. The number of rotatable bonds is 5. The first kappa shape index (κ1) is 21.0. The Morgan fingerprint density at radius 3 is 2.36 bits per heavy atom. The van der Waals surface area contributed by atoms with Crippen LogP contribution in [-0.4, -0.2) is 18.9 Å². The fourth-order valence-corrected chi connectivity index (χ4v) is 8.60. The molecule has 3 saturated carbocycles. The lowest BCUT2D eigenvalue weighted by Crippen LogP contribution is -2.53. The van der Waals surface area contributed by atoms with E-state index in [0.29, 0.717) is 35.2 Å². The SMILES string of the molecule is CCCC1(C)C(CC(F)(F)F)CCC2C1CCC1(C)C2CCC1[C@H](C)C1CO1. The van der Waals surface area contributed by atoms with Crippen LogP contribution in [0.4, 0.5) is 13.2 Å². The Morgan fingerprint density at radius 1 is 1.04 bits per heavy atom. The van der Waals surface area contributed by atoms with Gasteiger partial charge >= 0.3 is 6.18 Å². The smallest absolute Gasteiger partial charge is 0.373 e. The maximum atomic E-state index is 13.3. The molecule has 28 heavy (non-hydrogen) atoms. The van der Waals surface area contributed by atoms with Crippen LogP contribution < -0.4 is 0 Å². The fraction of sp³-hybridized carbons (Fsp3) is 1.00. The number of epoxide rings is 1. The number of hydrogen-bond donors (Lipinski definition) is 0. The summed E-state index contributed by atoms with van der Waals surface area (Å²) in [4.78, 5) is 0. The van der Waals surface area contributed by atoms with Crippen molar-refractivity contribution in [3.05, 3.63) is 0 Å². The molecule has 1 saturated heterocycles. The van der Waals surface area contributed by atoms with Gasteiger partial charge in [-0.15, -0.1) is 0 Å². The first-order valence-electron chi connectivity index (χ1n) is 11.8. The van der Waals surface area contributed by atoms with Crippen molar-refractivity contribution in [3.8, 4) is 0 Å². The van der Waals surface area contributed by atoms with Crippen molar-refractivity contribution < 1.29 is 17.9 Å². The highest BCUT2D eigenvalue weighted by atomic mass is 19.4. The summed E-state index contributed by atoms with van der Waals surface area (Å²) < 4.78 is 45.6. The molecule has 4 rings (SSSR count). The van der Waals surface area contributed by atoms with Crippen LogP contribution in [-0.2, 0) is 4.74 Å². The maximum absolute atomic E-state index is 13.3. The minimum absolute atomic E-state index is 0.141. The van der Waals surface area contributed by atoms with Crippen molar-refractivity contribution in [3.63, 3.8) is 0 Å². The molecule has 1 heterocycles. The molecular formula is C24H39F3O. The summed E-state index contributed by atoms with van der Waals surface area (Å²) in [6.45, 7) is 10.2. The Bertz CT molecular complexity index is 571. The van der Waals surface area contributed by atoms with Crippen LogP contribution in [0.5, 0.6) is 0 Å². The second-order valence-corrected chi connectivity index (χ2v) is 11.2. The van der Waals surface area contributed by atoms with E-state index in [4.69, 9.17) is 4.74 Å². The second-order valence-electron chi connectivity index (χ2n) is 11.2. The van der Waals surface area contributed by atoms with Gasteiger partial charge in [0.1, 0.15) is 0 Å². The Labute approximate surface area is 169 Å². The molecule has 0 radical (unpaired) electrons. The van der Waals surface area contributed by atoms with Crippen LogP contribution in [0.1, 0.15) is 85.5 Å². The summed E-state index contributed by atoms with van der Waals surface area (Å²) >= 11 is 0. The van der Waals surface area contributed by atoms with Crippen LogP contribution >= 0.6 is 0 Å². The predicted molar refractivity (Wildman–Crippen MR) is 106 cm³/mol. The molecule has 9 atom stereocenters. The van der Waals surface area contributed by atoms with Gasteiger partial charge in [-0.05, 0) is 91.3 Å². The average molecular weight is 401 g/mol. The van der Waals surface area contributed by atoms with Gasteiger partial charge in [-0.2, -0.15) is 13.2 Å². The van der Waals surface area contributed by atoms with Gasteiger partial charge in [0.15, 0.2) is 0 Å². The number of ether oxygens (including phenoxy) is 1. The molecule has 0 spiro atoms. The highest BCUT2D eigenvalue weighted by Gasteiger charge is 2.61. The summed E-state index contributed by atoms with van der Waals surface area (Å²) in [6, 6.07) is 0. The number of hydrogen-bond acceptors (Lipinski definition) is 1. The van der Waals surface area contributed by atoms with E-state index in [1.54, 1.807) is 0 Å². The highest BCUT2D eigenvalue weighted by Crippen LogP contribution is 2.68. The van der Waals surface area contributed by atoms with Crippen LogP contribution in [0.15, 0.2) is 0 Å². The average Bonchev–Trinajstić information content (AvgIpc) is 3.38. The molecule has 4 heteroatoms. The van der Waals surface area contributed by atoms with Gasteiger partial charge in [-0.3, -0.25) is 0 Å². The van der Waals surface area contributed by atoms with Crippen LogP contribution in [0.3, 0.4) is 0 Å². The zero-order chi connectivity index (χ0) is 20.3. The van der Waals surface area contributed by atoms with Gasteiger partial charge in [0.25, 0.3) is 0 Å². The molecular weight excluding hydrogens is 361 g/mol. The van der Waals surface area contributed by atoms with E-state index >= 15 is 0 Å². The van der Waals surface area contributed by atoms with Crippen molar-refractivity contribution in [2.75, 3.05) is 6.61 Å². The van der Waals surface area contributed by atoms with Crippen molar-refractivity contribution in [1.29, 1.82) is 0 Å². The number of halogens is 3. The van der Waals surface area contributed by atoms with Gasteiger partial charge in [-0.25, -0.2) is 0 Å². The first-order valence-corrected chi connectivity index (χ1v) is 11.8. The molecule has 0 aromatic rings. The maximum Gasteiger partial charge on any atom is 0.389 e. The number of fused-ring (bicyclic) bond motifs is 3. The van der Waals surface area contributed by atoms with Gasteiger partial charge in [0.05, 0.1) is 12.7 Å². The normalized spacial score (nSPS) is 49.4. The summed E-state index contributed by atoms with van der Waals surface area (Å²) in [7, 11) is 0. The lowest BCUT2D eigenvalue weighted by Gasteiger charge is -2.59. The summed E-state index contributed by atoms with van der Waals surface area (Å²) in [6.07, 6.45) is 4.51. The molecule has 162 valence electrons. The third-order valence-corrected chi connectivity index (χ3v) is 9.99. The van der Waals surface area contributed by atoms with E-state index in [0.717, 1.165) is 44.6 Å². The molecule has 4 fully saturated rings. The van der Waals surface area contributed by atoms with E-state index in [-0.39, 0.29) is 11.3 Å². The van der Waals surface area contributed by atoms with E-state index in [1.807, 2.05) is 0 Å². The minimum Gasteiger partial charge on any atom is -0.373 e. The Hall–Kier alpha value is -0.250. The zero-order valence-electron chi connectivity index (χ0n) is 18.2. The second kappa shape index (κ2) is 7.17. The molecule has 8 unspecified atom stereocenters. The zero-order valence-corrected chi connectivity index (χ0v) is 18.2. The molecule has 1 aliphatic heterocycles. The van der Waals surface area contributed by atoms with E-state index in [1.165, 1.54) is 19.3 Å². The van der Waals surface area contributed by atoms with Crippen LogP contribution in [0, 0.1) is 46.3 Å². The fourth-order valence-electron chi connectivity index (χ4n) is 8.60. The highest BCUT2D eigenvalue weighted by molar-refractivity contribution is 5.09. The molecule has 0 N–H and O–H groups in total. The molecule has 1 nitrogen and oxygen atoms in total. The monoisotopic (exact) mass is 400 g/mol. The quantitative estimate of drug-likeness (QED) is 0.443. The van der Waals surface area contributed by atoms with Gasteiger partial charge < -0.3 is 4.74 Å². The van der Waals surface area contributed by atoms with Crippen molar-refractivity contribution in [1.82, 2.24) is 0 Å². The predicted octanol–water partition coefficient (Wildman–Crippen LogP) is 7.25. The van der Waals surface area contributed by atoms with Gasteiger partial charge in [0, 0.05) is 6.42 Å². The molecule has 3 aliphatic carbocycles. The molecule has 0 aromatic carbocycles. The lowest BCUT2D eigenvalue weighted by molar-refractivity contribution is -0.178. The van der Waals surface area contributed by atoms with Crippen molar-refractivity contribution in [2.45, 2.75) is 97.8 Å². The standard InChI is InChI=1S/C24H39F3O/c1-5-11-22(3)16(13-24(25,26)27)6-7-17-19-9-8-18(15(2)21-14-28-21)23(19,4)12-10-20(17)22/h15-21H,5-14H2,1-4H3/t15-,16?,17?,18?,19?,20?,21?,22?,23?/m0/s1. The van der Waals surface area contributed by atoms with Gasteiger partial charge in [0.2, 0.25) is 0 Å².